The smallest absolute Gasteiger partial charge is 0.432 e. The van der Waals surface area contributed by atoms with E-state index in [-0.39, 0.29) is 11.5 Å². The van der Waals surface area contributed by atoms with Crippen LogP contribution in [0.5, 0.6) is 11.5 Å². The number of hydrogen-bond donors (Lipinski definition) is 1. The fraction of sp³-hybridized carbons (Fsp3) is 0.188. The number of benzene rings is 2. The van der Waals surface area contributed by atoms with Crippen molar-refractivity contribution in [1.29, 1.82) is 5.26 Å². The lowest BCUT2D eigenvalue weighted by Crippen LogP contribution is -2.44. The second-order valence-corrected chi connectivity index (χ2v) is 5.00. The molecular formula is C16H10F6N2O. The maximum absolute atomic E-state index is 14.0. The molecule has 0 aromatic heterocycles. The number of nitriles is 1. The van der Waals surface area contributed by atoms with Gasteiger partial charge in [-0.2, -0.15) is 18.4 Å². The standard InChI is InChI=1S/C16H10F6N2O/c17-14(18)15(19,16(20,21)22)10-3-6-13(12(24)7-10)25-11-4-1-9(8-23)2-5-11/h1-7,14H,24H2. The van der Waals surface area contributed by atoms with E-state index in [4.69, 9.17) is 15.7 Å². The van der Waals surface area contributed by atoms with Crippen LogP contribution in [0.25, 0.3) is 0 Å². The molecular weight excluding hydrogens is 350 g/mol. The van der Waals surface area contributed by atoms with Gasteiger partial charge in [0.05, 0.1) is 17.3 Å². The summed E-state index contributed by atoms with van der Waals surface area (Å²) in [5, 5.41) is 8.68. The molecule has 0 spiro atoms. The van der Waals surface area contributed by atoms with Gasteiger partial charge in [0.15, 0.2) is 0 Å². The predicted octanol–water partition coefficient (Wildman–Crippen LogP) is 4.92. The van der Waals surface area contributed by atoms with Gasteiger partial charge in [-0.3, -0.25) is 0 Å². The molecule has 9 heteroatoms. The summed E-state index contributed by atoms with van der Waals surface area (Å²) >= 11 is 0. The van der Waals surface area contributed by atoms with Gasteiger partial charge in [-0.05, 0) is 36.4 Å². The Morgan fingerprint density at radius 3 is 2.04 bits per heavy atom. The fourth-order valence-corrected chi connectivity index (χ4v) is 2.01. The highest BCUT2D eigenvalue weighted by atomic mass is 19.4. The van der Waals surface area contributed by atoms with E-state index < -0.39 is 29.5 Å². The number of anilines is 1. The third-order valence-electron chi connectivity index (χ3n) is 3.35. The molecule has 2 aromatic rings. The highest BCUT2D eigenvalue weighted by Crippen LogP contribution is 2.48. The number of nitrogens with two attached hydrogens (primary N) is 1. The molecule has 2 rings (SSSR count). The van der Waals surface area contributed by atoms with Crippen LogP contribution < -0.4 is 10.5 Å². The van der Waals surface area contributed by atoms with Crippen LogP contribution in [-0.2, 0) is 5.67 Å². The molecule has 132 valence electrons. The number of halogens is 6. The highest BCUT2D eigenvalue weighted by Gasteiger charge is 2.64. The summed E-state index contributed by atoms with van der Waals surface area (Å²) in [6, 6.07) is 9.39. The molecule has 2 N–H and O–H groups in total. The van der Waals surface area contributed by atoms with Gasteiger partial charge in [-0.25, -0.2) is 13.2 Å². The molecule has 0 radical (unpaired) electrons. The molecule has 0 aliphatic carbocycles. The largest absolute Gasteiger partial charge is 0.455 e. The third-order valence-corrected chi connectivity index (χ3v) is 3.35. The molecule has 0 bridgehead atoms. The molecule has 0 amide bonds. The summed E-state index contributed by atoms with van der Waals surface area (Å²) in [4.78, 5) is 0. The van der Waals surface area contributed by atoms with E-state index in [1.165, 1.54) is 24.3 Å². The predicted molar refractivity (Wildman–Crippen MR) is 76.9 cm³/mol. The van der Waals surface area contributed by atoms with Crippen molar-refractivity contribution in [2.75, 3.05) is 5.73 Å². The molecule has 0 aliphatic rings. The molecule has 1 unspecified atom stereocenters. The average molecular weight is 360 g/mol. The first kappa shape index (κ1) is 18.4. The molecule has 0 saturated heterocycles. The van der Waals surface area contributed by atoms with E-state index in [1.807, 2.05) is 6.07 Å². The first-order valence-electron chi connectivity index (χ1n) is 6.71. The van der Waals surface area contributed by atoms with E-state index in [2.05, 4.69) is 0 Å². The van der Waals surface area contributed by atoms with Crippen molar-refractivity contribution in [2.45, 2.75) is 18.3 Å². The normalized spacial score (nSPS) is 14.0. The van der Waals surface area contributed by atoms with Crippen molar-refractivity contribution >= 4 is 5.69 Å². The van der Waals surface area contributed by atoms with Crippen LogP contribution in [-0.4, -0.2) is 12.6 Å². The van der Waals surface area contributed by atoms with Crippen molar-refractivity contribution in [1.82, 2.24) is 0 Å². The summed E-state index contributed by atoms with van der Waals surface area (Å²) in [5.74, 6) is 0.0573. The number of nitrogen functional groups attached to an aromatic ring is 1. The molecule has 0 saturated carbocycles. The molecule has 0 fully saturated rings. The maximum atomic E-state index is 14.0. The van der Waals surface area contributed by atoms with Crippen LogP contribution >= 0.6 is 0 Å². The summed E-state index contributed by atoms with van der Waals surface area (Å²) < 4.78 is 82.9. The van der Waals surface area contributed by atoms with Crippen LogP contribution in [0.3, 0.4) is 0 Å². The van der Waals surface area contributed by atoms with Gasteiger partial charge in [0.1, 0.15) is 11.5 Å². The SMILES string of the molecule is N#Cc1ccc(Oc2ccc(C(F)(C(F)F)C(F)(F)F)cc2N)cc1. The quantitative estimate of drug-likeness (QED) is 0.622. The minimum atomic E-state index is -5.82. The van der Waals surface area contributed by atoms with E-state index in [1.54, 1.807) is 0 Å². The Bertz CT molecular complexity index is 798. The van der Waals surface area contributed by atoms with Crippen LogP contribution in [0.2, 0.25) is 0 Å². The Labute approximate surface area is 138 Å². The highest BCUT2D eigenvalue weighted by molar-refractivity contribution is 5.57. The van der Waals surface area contributed by atoms with Crippen LogP contribution in [0.1, 0.15) is 11.1 Å². The van der Waals surface area contributed by atoms with Gasteiger partial charge in [0.2, 0.25) is 0 Å². The second-order valence-electron chi connectivity index (χ2n) is 5.00. The van der Waals surface area contributed by atoms with Crippen molar-refractivity contribution in [3.05, 3.63) is 53.6 Å². The minimum absolute atomic E-state index is 0.146. The van der Waals surface area contributed by atoms with Crippen LogP contribution in [0.15, 0.2) is 42.5 Å². The van der Waals surface area contributed by atoms with Gasteiger partial charge in [0.25, 0.3) is 12.1 Å². The summed E-state index contributed by atoms with van der Waals surface area (Å²) in [7, 11) is 0. The number of nitrogens with zero attached hydrogens (tertiary/aromatic N) is 1. The second kappa shape index (κ2) is 6.55. The first-order valence-corrected chi connectivity index (χ1v) is 6.71. The molecule has 1 atom stereocenters. The number of alkyl halides is 6. The van der Waals surface area contributed by atoms with E-state index in [9.17, 15) is 26.3 Å². The molecule has 25 heavy (non-hydrogen) atoms. The molecule has 0 aliphatic heterocycles. The van der Waals surface area contributed by atoms with Gasteiger partial charge in [0, 0.05) is 5.56 Å². The summed E-state index contributed by atoms with van der Waals surface area (Å²) in [5.41, 5.74) is -0.753. The average Bonchev–Trinajstić information content (AvgIpc) is 2.55. The van der Waals surface area contributed by atoms with Gasteiger partial charge < -0.3 is 10.5 Å². The Morgan fingerprint density at radius 1 is 1.00 bits per heavy atom. The monoisotopic (exact) mass is 360 g/mol. The Hall–Kier alpha value is -2.89. The fourth-order valence-electron chi connectivity index (χ4n) is 2.01. The Morgan fingerprint density at radius 2 is 1.60 bits per heavy atom. The Balaban J connectivity index is 2.35. The maximum Gasteiger partial charge on any atom is 0.432 e. The lowest BCUT2D eigenvalue weighted by Gasteiger charge is -2.27. The van der Waals surface area contributed by atoms with Gasteiger partial charge >= 0.3 is 6.18 Å². The lowest BCUT2D eigenvalue weighted by atomic mass is 9.95. The zero-order valence-electron chi connectivity index (χ0n) is 12.3. The first-order chi connectivity index (χ1) is 11.6. The molecule has 0 heterocycles. The van der Waals surface area contributed by atoms with Crippen LogP contribution in [0, 0.1) is 11.3 Å². The summed E-state index contributed by atoms with van der Waals surface area (Å²) in [6.07, 6.45) is -10.1. The topological polar surface area (TPSA) is 59.0 Å². The Kier molecular flexibility index (Phi) is 4.83. The van der Waals surface area contributed by atoms with E-state index in [0.717, 1.165) is 6.07 Å². The minimum Gasteiger partial charge on any atom is -0.455 e. The van der Waals surface area contributed by atoms with Crippen molar-refractivity contribution in [3.8, 4) is 17.6 Å². The number of hydrogen-bond acceptors (Lipinski definition) is 3. The van der Waals surface area contributed by atoms with Gasteiger partial charge in [-0.1, -0.05) is 6.07 Å². The zero-order valence-corrected chi connectivity index (χ0v) is 12.3. The number of rotatable bonds is 4. The third kappa shape index (κ3) is 3.47. The van der Waals surface area contributed by atoms with E-state index in [0.29, 0.717) is 17.7 Å². The van der Waals surface area contributed by atoms with Gasteiger partial charge in [-0.15, -0.1) is 0 Å². The molecule has 3 nitrogen and oxygen atoms in total. The summed E-state index contributed by atoms with van der Waals surface area (Å²) in [6.45, 7) is 0. The lowest BCUT2D eigenvalue weighted by molar-refractivity contribution is -0.274. The number of ether oxygens (including phenoxy) is 1. The van der Waals surface area contributed by atoms with Crippen molar-refractivity contribution in [2.24, 2.45) is 0 Å². The van der Waals surface area contributed by atoms with E-state index >= 15 is 0 Å². The van der Waals surface area contributed by atoms with Crippen molar-refractivity contribution < 1.29 is 31.1 Å². The van der Waals surface area contributed by atoms with Crippen molar-refractivity contribution in [3.63, 3.8) is 0 Å². The zero-order chi connectivity index (χ0) is 18.8. The van der Waals surface area contributed by atoms with Crippen LogP contribution in [0.4, 0.5) is 32.0 Å². The molecule has 2 aromatic carbocycles.